The Labute approximate surface area is 195 Å². The van der Waals surface area contributed by atoms with Gasteiger partial charge in [0.2, 0.25) is 0 Å². The number of nitrogens with zero attached hydrogens (tertiary/aromatic N) is 5. The van der Waals surface area contributed by atoms with Crippen molar-refractivity contribution in [3.05, 3.63) is 58.3 Å². The van der Waals surface area contributed by atoms with E-state index in [1.807, 2.05) is 29.9 Å². The Balaban J connectivity index is 1.66. The SMILES string of the molecule is CCOC(=O)N1CCN(C(=O)c2cc(-c3cccn3C)nn2-c2ccc(Cl)c(Cl)c2)CC1. The number of aryl methyl sites for hydroxylation is 1. The number of ether oxygens (including phenoxy) is 1. The average Bonchev–Trinajstić information content (AvgIpc) is 3.41. The van der Waals surface area contributed by atoms with Gasteiger partial charge in [0, 0.05) is 39.4 Å². The van der Waals surface area contributed by atoms with E-state index in [4.69, 9.17) is 33.0 Å². The number of hydrogen-bond acceptors (Lipinski definition) is 4. The third kappa shape index (κ3) is 4.33. The van der Waals surface area contributed by atoms with Crippen LogP contribution in [0.1, 0.15) is 17.4 Å². The number of piperazine rings is 1. The second-order valence-electron chi connectivity index (χ2n) is 7.41. The van der Waals surface area contributed by atoms with Crippen molar-refractivity contribution in [2.75, 3.05) is 32.8 Å². The third-order valence-corrected chi connectivity index (χ3v) is 6.11. The Morgan fingerprint density at radius 3 is 2.38 bits per heavy atom. The van der Waals surface area contributed by atoms with Gasteiger partial charge in [0.25, 0.3) is 5.91 Å². The van der Waals surface area contributed by atoms with Crippen molar-refractivity contribution in [2.24, 2.45) is 7.05 Å². The van der Waals surface area contributed by atoms with Gasteiger partial charge in [0.15, 0.2) is 0 Å². The number of carbonyl (C=O) groups is 2. The van der Waals surface area contributed by atoms with Crippen LogP contribution in [-0.2, 0) is 11.8 Å². The maximum Gasteiger partial charge on any atom is 0.409 e. The number of rotatable bonds is 4. The van der Waals surface area contributed by atoms with Crippen LogP contribution in [0.5, 0.6) is 0 Å². The molecule has 1 aromatic carbocycles. The van der Waals surface area contributed by atoms with Gasteiger partial charge in [-0.2, -0.15) is 5.10 Å². The molecule has 0 saturated carbocycles. The van der Waals surface area contributed by atoms with E-state index in [9.17, 15) is 9.59 Å². The van der Waals surface area contributed by atoms with E-state index in [0.717, 1.165) is 5.69 Å². The lowest BCUT2D eigenvalue weighted by Crippen LogP contribution is -2.51. The maximum absolute atomic E-state index is 13.5. The number of benzene rings is 1. The molecule has 0 radical (unpaired) electrons. The summed E-state index contributed by atoms with van der Waals surface area (Å²) >= 11 is 12.3. The Kier molecular flexibility index (Phi) is 6.43. The fourth-order valence-corrected chi connectivity index (χ4v) is 3.96. The molecule has 0 spiro atoms. The molecule has 1 fully saturated rings. The van der Waals surface area contributed by atoms with Crippen molar-refractivity contribution < 1.29 is 14.3 Å². The largest absolute Gasteiger partial charge is 0.450 e. The van der Waals surface area contributed by atoms with Crippen LogP contribution in [0.2, 0.25) is 10.0 Å². The van der Waals surface area contributed by atoms with Gasteiger partial charge >= 0.3 is 6.09 Å². The zero-order chi connectivity index (χ0) is 22.8. The minimum absolute atomic E-state index is 0.174. The molecule has 168 valence electrons. The van der Waals surface area contributed by atoms with Gasteiger partial charge in [0.1, 0.15) is 11.4 Å². The van der Waals surface area contributed by atoms with E-state index in [2.05, 4.69) is 0 Å². The second-order valence-corrected chi connectivity index (χ2v) is 8.22. The average molecular weight is 476 g/mol. The molecule has 0 unspecified atom stereocenters. The van der Waals surface area contributed by atoms with Gasteiger partial charge in [-0.05, 0) is 43.3 Å². The molecule has 4 rings (SSSR count). The highest BCUT2D eigenvalue weighted by atomic mass is 35.5. The fraction of sp³-hybridized carbons (Fsp3) is 0.318. The van der Waals surface area contributed by atoms with E-state index >= 15 is 0 Å². The molecule has 10 heteroatoms. The maximum atomic E-state index is 13.5. The topological polar surface area (TPSA) is 72.6 Å². The predicted octanol–water partition coefficient (Wildman–Crippen LogP) is 4.10. The van der Waals surface area contributed by atoms with Crippen LogP contribution in [0.4, 0.5) is 4.79 Å². The van der Waals surface area contributed by atoms with E-state index < -0.39 is 0 Å². The molecule has 2 amide bonds. The third-order valence-electron chi connectivity index (χ3n) is 5.38. The van der Waals surface area contributed by atoms with E-state index in [-0.39, 0.29) is 12.0 Å². The molecule has 0 aliphatic carbocycles. The lowest BCUT2D eigenvalue weighted by molar-refractivity contribution is 0.0563. The molecule has 0 atom stereocenters. The second kappa shape index (κ2) is 9.26. The van der Waals surface area contributed by atoms with Gasteiger partial charge in [-0.25, -0.2) is 9.48 Å². The molecule has 0 bridgehead atoms. The number of carbonyl (C=O) groups excluding carboxylic acids is 2. The first kappa shape index (κ1) is 22.2. The van der Waals surface area contributed by atoms with E-state index in [1.165, 1.54) is 0 Å². The highest BCUT2D eigenvalue weighted by Crippen LogP contribution is 2.28. The van der Waals surface area contributed by atoms with Crippen molar-refractivity contribution in [2.45, 2.75) is 6.92 Å². The number of amides is 2. The molecule has 3 aromatic rings. The minimum Gasteiger partial charge on any atom is -0.450 e. The summed E-state index contributed by atoms with van der Waals surface area (Å²) in [5, 5.41) is 5.50. The molecule has 3 heterocycles. The summed E-state index contributed by atoms with van der Waals surface area (Å²) in [5.41, 5.74) is 2.58. The Hall–Kier alpha value is -2.97. The summed E-state index contributed by atoms with van der Waals surface area (Å²) < 4.78 is 8.59. The lowest BCUT2D eigenvalue weighted by atomic mass is 10.2. The van der Waals surface area contributed by atoms with Gasteiger partial charge in [0.05, 0.1) is 28.0 Å². The minimum atomic E-state index is -0.355. The van der Waals surface area contributed by atoms with Crippen LogP contribution in [-0.4, -0.2) is 68.9 Å². The summed E-state index contributed by atoms with van der Waals surface area (Å²) in [5.74, 6) is -0.174. The van der Waals surface area contributed by atoms with Gasteiger partial charge in [-0.3, -0.25) is 4.79 Å². The number of halogens is 2. The molecular weight excluding hydrogens is 453 g/mol. The van der Waals surface area contributed by atoms with E-state index in [0.29, 0.717) is 59.9 Å². The molecule has 2 aromatic heterocycles. The van der Waals surface area contributed by atoms with Gasteiger partial charge in [-0.1, -0.05) is 23.2 Å². The molecular formula is C22H23Cl2N5O3. The van der Waals surface area contributed by atoms with Crippen LogP contribution in [0, 0.1) is 0 Å². The monoisotopic (exact) mass is 475 g/mol. The van der Waals surface area contributed by atoms with Crippen LogP contribution in [0.15, 0.2) is 42.6 Å². The van der Waals surface area contributed by atoms with Crippen LogP contribution >= 0.6 is 23.2 Å². The van der Waals surface area contributed by atoms with Gasteiger partial charge in [-0.15, -0.1) is 0 Å². The first-order chi connectivity index (χ1) is 15.4. The number of aromatic nitrogens is 3. The first-order valence-corrected chi connectivity index (χ1v) is 11.0. The summed E-state index contributed by atoms with van der Waals surface area (Å²) in [6.45, 7) is 3.73. The highest BCUT2D eigenvalue weighted by molar-refractivity contribution is 6.42. The Morgan fingerprint density at radius 1 is 1.03 bits per heavy atom. The summed E-state index contributed by atoms with van der Waals surface area (Å²) in [4.78, 5) is 28.8. The normalized spacial score (nSPS) is 14.0. The van der Waals surface area contributed by atoms with Crippen molar-refractivity contribution >= 4 is 35.2 Å². The number of hydrogen-bond donors (Lipinski definition) is 0. The molecule has 1 aliphatic rings. The molecule has 1 saturated heterocycles. The summed E-state index contributed by atoms with van der Waals surface area (Å²) in [7, 11) is 1.92. The highest BCUT2D eigenvalue weighted by Gasteiger charge is 2.28. The molecule has 1 aliphatic heterocycles. The van der Waals surface area contributed by atoms with E-state index in [1.54, 1.807) is 45.7 Å². The Bertz CT molecular complexity index is 1150. The molecule has 0 N–H and O–H groups in total. The summed E-state index contributed by atoms with van der Waals surface area (Å²) in [6, 6.07) is 10.8. The van der Waals surface area contributed by atoms with Gasteiger partial charge < -0.3 is 19.1 Å². The molecule has 32 heavy (non-hydrogen) atoms. The standard InChI is InChI=1S/C22H23Cl2N5O3/c1-3-32-22(31)28-11-9-27(10-12-28)21(30)20-14-18(19-5-4-8-26(19)2)25-29(20)15-6-7-16(23)17(24)13-15/h4-8,13-14H,3,9-12H2,1-2H3. The zero-order valence-corrected chi connectivity index (χ0v) is 19.3. The Morgan fingerprint density at radius 2 is 1.75 bits per heavy atom. The quantitative estimate of drug-likeness (QED) is 0.569. The van der Waals surface area contributed by atoms with Crippen LogP contribution in [0.25, 0.3) is 17.1 Å². The smallest absolute Gasteiger partial charge is 0.409 e. The summed E-state index contributed by atoms with van der Waals surface area (Å²) in [6.07, 6.45) is 1.57. The van der Waals surface area contributed by atoms with Crippen molar-refractivity contribution in [1.29, 1.82) is 0 Å². The van der Waals surface area contributed by atoms with Crippen molar-refractivity contribution in [3.8, 4) is 17.1 Å². The van der Waals surface area contributed by atoms with Crippen LogP contribution < -0.4 is 0 Å². The van der Waals surface area contributed by atoms with Crippen molar-refractivity contribution in [1.82, 2.24) is 24.1 Å². The zero-order valence-electron chi connectivity index (χ0n) is 17.8. The first-order valence-electron chi connectivity index (χ1n) is 10.3. The van der Waals surface area contributed by atoms with Crippen LogP contribution in [0.3, 0.4) is 0 Å². The lowest BCUT2D eigenvalue weighted by Gasteiger charge is -2.34. The molecule has 8 nitrogen and oxygen atoms in total. The fourth-order valence-electron chi connectivity index (χ4n) is 3.67. The predicted molar refractivity (Wildman–Crippen MR) is 122 cm³/mol. The van der Waals surface area contributed by atoms with Crippen molar-refractivity contribution in [3.63, 3.8) is 0 Å².